The van der Waals surface area contributed by atoms with Gasteiger partial charge in [-0.1, -0.05) is 5.10 Å². The van der Waals surface area contributed by atoms with Gasteiger partial charge in [-0.3, -0.25) is 5.32 Å². The van der Waals surface area contributed by atoms with Gasteiger partial charge in [0.2, 0.25) is 0 Å². The molecule has 1 aromatic heterocycles. The van der Waals surface area contributed by atoms with Crippen LogP contribution in [0.4, 0.5) is 10.7 Å². The highest BCUT2D eigenvalue weighted by Crippen LogP contribution is 2.09. The number of hydrogen-bond donors (Lipinski definition) is 2. The van der Waals surface area contributed by atoms with Gasteiger partial charge in [0.05, 0.1) is 20.3 Å². The molecule has 1 aliphatic rings. The first-order chi connectivity index (χ1) is 8.58. The highest BCUT2D eigenvalue weighted by Gasteiger charge is 2.33. The van der Waals surface area contributed by atoms with Crippen LogP contribution in [0.25, 0.3) is 0 Å². The van der Waals surface area contributed by atoms with E-state index in [4.69, 9.17) is 9.84 Å². The molecule has 1 atom stereocenters. The molecule has 0 bridgehead atoms. The Kier molecular flexibility index (Phi) is 3.37. The highest BCUT2D eigenvalue weighted by atomic mass is 16.5. The number of carbonyl (C=O) groups excluding carboxylic acids is 1. The summed E-state index contributed by atoms with van der Waals surface area (Å²) in [6.07, 6.45) is 0. The number of aryl methyl sites for hydroxylation is 1. The van der Waals surface area contributed by atoms with Gasteiger partial charge in [0.25, 0.3) is 5.95 Å². The number of urea groups is 1. The van der Waals surface area contributed by atoms with Crippen molar-refractivity contribution >= 4 is 17.9 Å². The zero-order chi connectivity index (χ0) is 13.1. The number of carboxylic acid groups (broad SMARTS) is 1. The second kappa shape index (κ2) is 4.96. The summed E-state index contributed by atoms with van der Waals surface area (Å²) >= 11 is 0. The first kappa shape index (κ1) is 12.2. The van der Waals surface area contributed by atoms with Gasteiger partial charge < -0.3 is 14.7 Å². The van der Waals surface area contributed by atoms with E-state index < -0.39 is 18.0 Å². The summed E-state index contributed by atoms with van der Waals surface area (Å²) in [4.78, 5) is 25.2. The molecule has 1 saturated heterocycles. The van der Waals surface area contributed by atoms with E-state index in [2.05, 4.69) is 20.7 Å². The number of amides is 2. The molecule has 2 amide bonds. The van der Waals surface area contributed by atoms with Crippen molar-refractivity contribution in [3.05, 3.63) is 0 Å². The fraction of sp³-hybridized carbons (Fsp3) is 0.625. The number of aromatic nitrogens is 4. The summed E-state index contributed by atoms with van der Waals surface area (Å²) < 4.78 is 5.03. The molecule has 0 saturated carbocycles. The molecule has 0 aliphatic carbocycles. The van der Waals surface area contributed by atoms with Gasteiger partial charge in [0, 0.05) is 6.54 Å². The molecule has 98 valence electrons. The van der Waals surface area contributed by atoms with Crippen LogP contribution < -0.4 is 5.32 Å². The third kappa shape index (κ3) is 2.53. The molecule has 1 unspecified atom stereocenters. The van der Waals surface area contributed by atoms with Gasteiger partial charge in [0.1, 0.15) is 0 Å². The van der Waals surface area contributed by atoms with E-state index in [-0.39, 0.29) is 19.1 Å². The normalized spacial score (nSPS) is 19.6. The maximum atomic E-state index is 11.9. The predicted molar refractivity (Wildman–Crippen MR) is 56.8 cm³/mol. The van der Waals surface area contributed by atoms with Crippen LogP contribution in [0.3, 0.4) is 0 Å². The van der Waals surface area contributed by atoms with E-state index in [0.29, 0.717) is 6.61 Å². The van der Waals surface area contributed by atoms with Crippen LogP contribution in [0.5, 0.6) is 0 Å². The zero-order valence-corrected chi connectivity index (χ0v) is 9.61. The van der Waals surface area contributed by atoms with Gasteiger partial charge in [-0.15, -0.1) is 5.10 Å². The minimum absolute atomic E-state index is 0.0260. The fourth-order valence-electron chi connectivity index (χ4n) is 1.55. The van der Waals surface area contributed by atoms with E-state index in [9.17, 15) is 9.59 Å². The van der Waals surface area contributed by atoms with Crippen molar-refractivity contribution in [3.63, 3.8) is 0 Å². The molecule has 0 aromatic carbocycles. The lowest BCUT2D eigenvalue weighted by Gasteiger charge is -2.32. The Hall–Kier alpha value is -2.23. The Bertz CT molecular complexity index is 460. The molecule has 10 nitrogen and oxygen atoms in total. The molecular formula is C8H12N6O4. The topological polar surface area (TPSA) is 122 Å². The summed E-state index contributed by atoms with van der Waals surface area (Å²) in [7, 11) is 1.55. The van der Waals surface area contributed by atoms with E-state index in [1.807, 2.05) is 0 Å². The molecule has 1 fully saturated rings. The quantitative estimate of drug-likeness (QED) is 0.662. The van der Waals surface area contributed by atoms with Crippen LogP contribution >= 0.6 is 0 Å². The second-order valence-electron chi connectivity index (χ2n) is 3.65. The third-order valence-corrected chi connectivity index (χ3v) is 2.40. The highest BCUT2D eigenvalue weighted by molar-refractivity contribution is 5.91. The number of rotatable bonds is 2. The number of tetrazole rings is 1. The number of anilines is 1. The molecule has 1 aliphatic heterocycles. The summed E-state index contributed by atoms with van der Waals surface area (Å²) in [6.45, 7) is 0.463. The Morgan fingerprint density at radius 2 is 2.33 bits per heavy atom. The average Bonchev–Trinajstić information content (AvgIpc) is 2.74. The number of nitrogens with one attached hydrogen (secondary N) is 1. The molecule has 10 heteroatoms. The third-order valence-electron chi connectivity index (χ3n) is 2.40. The Morgan fingerprint density at radius 1 is 1.56 bits per heavy atom. The van der Waals surface area contributed by atoms with Gasteiger partial charge in [-0.05, 0) is 5.21 Å². The largest absolute Gasteiger partial charge is 0.480 e. The van der Waals surface area contributed by atoms with Crippen molar-refractivity contribution in [2.45, 2.75) is 6.04 Å². The van der Waals surface area contributed by atoms with E-state index in [1.165, 1.54) is 9.70 Å². The summed E-state index contributed by atoms with van der Waals surface area (Å²) in [6, 6.07) is -1.59. The summed E-state index contributed by atoms with van der Waals surface area (Å²) in [5.41, 5.74) is 0. The minimum Gasteiger partial charge on any atom is -0.480 e. The second-order valence-corrected chi connectivity index (χ2v) is 3.65. The maximum absolute atomic E-state index is 11.9. The molecule has 2 heterocycles. The molecule has 1 aromatic rings. The van der Waals surface area contributed by atoms with E-state index in [1.54, 1.807) is 7.05 Å². The lowest BCUT2D eigenvalue weighted by molar-refractivity contribution is -0.147. The van der Waals surface area contributed by atoms with Gasteiger partial charge in [-0.2, -0.15) is 4.80 Å². The number of morpholine rings is 1. The standard InChI is InChI=1S/C8H12N6O4/c1-13-11-7(10-12-13)9-8(17)14-2-3-18-4-5(14)6(15)16/h5H,2-4H2,1H3,(H,15,16)(H,9,11,17). The van der Waals surface area contributed by atoms with Gasteiger partial charge >= 0.3 is 12.0 Å². The van der Waals surface area contributed by atoms with Crippen LogP contribution in [0.15, 0.2) is 0 Å². The van der Waals surface area contributed by atoms with Crippen molar-refractivity contribution < 1.29 is 19.4 Å². The summed E-state index contributed by atoms with van der Waals surface area (Å²) in [5.74, 6) is -1.09. The van der Waals surface area contributed by atoms with Crippen molar-refractivity contribution in [3.8, 4) is 0 Å². The predicted octanol–water partition coefficient (Wildman–Crippen LogP) is -1.47. The van der Waals surface area contributed by atoms with Crippen LogP contribution in [-0.2, 0) is 16.6 Å². The summed E-state index contributed by atoms with van der Waals surface area (Å²) in [5, 5.41) is 22.3. The Balaban J connectivity index is 2.04. The van der Waals surface area contributed by atoms with Crippen LogP contribution in [0.1, 0.15) is 0 Å². The minimum atomic E-state index is -1.11. The van der Waals surface area contributed by atoms with Crippen LogP contribution in [-0.4, -0.2) is 68.0 Å². The molecule has 0 spiro atoms. The number of carboxylic acids is 1. The van der Waals surface area contributed by atoms with Crippen LogP contribution in [0, 0.1) is 0 Å². The Labute approximate surface area is 102 Å². The first-order valence-electron chi connectivity index (χ1n) is 5.20. The zero-order valence-electron chi connectivity index (χ0n) is 9.61. The van der Waals surface area contributed by atoms with Crippen molar-refractivity contribution in [1.82, 2.24) is 25.1 Å². The number of nitrogens with zero attached hydrogens (tertiary/aromatic N) is 5. The molecular weight excluding hydrogens is 244 g/mol. The first-order valence-corrected chi connectivity index (χ1v) is 5.20. The van der Waals surface area contributed by atoms with Gasteiger partial charge in [0.15, 0.2) is 6.04 Å². The monoisotopic (exact) mass is 256 g/mol. The van der Waals surface area contributed by atoms with Gasteiger partial charge in [-0.25, -0.2) is 9.59 Å². The SMILES string of the molecule is Cn1nnc(NC(=O)N2CCOCC2C(=O)O)n1. The molecule has 2 N–H and O–H groups in total. The van der Waals surface area contributed by atoms with Crippen molar-refractivity contribution in [2.24, 2.45) is 7.05 Å². The van der Waals surface area contributed by atoms with Crippen LogP contribution in [0.2, 0.25) is 0 Å². The Morgan fingerprint density at radius 3 is 2.94 bits per heavy atom. The lowest BCUT2D eigenvalue weighted by atomic mass is 10.2. The average molecular weight is 256 g/mol. The lowest BCUT2D eigenvalue weighted by Crippen LogP contribution is -2.54. The number of ether oxygens (including phenoxy) is 1. The molecule has 2 rings (SSSR count). The molecule has 18 heavy (non-hydrogen) atoms. The van der Waals surface area contributed by atoms with Crippen molar-refractivity contribution in [2.75, 3.05) is 25.1 Å². The smallest absolute Gasteiger partial charge is 0.328 e. The number of carbonyl (C=O) groups is 2. The fourth-order valence-corrected chi connectivity index (χ4v) is 1.55. The number of hydrogen-bond acceptors (Lipinski definition) is 6. The maximum Gasteiger partial charge on any atom is 0.328 e. The molecule has 0 radical (unpaired) electrons. The van der Waals surface area contributed by atoms with Crippen molar-refractivity contribution in [1.29, 1.82) is 0 Å². The van der Waals surface area contributed by atoms with E-state index >= 15 is 0 Å². The number of aliphatic carboxylic acids is 1. The van der Waals surface area contributed by atoms with E-state index in [0.717, 1.165) is 0 Å².